The molecule has 0 radical (unpaired) electrons. The fourth-order valence-electron chi connectivity index (χ4n) is 1.48. The molecule has 0 unspecified atom stereocenters. The molecule has 102 valence electrons. The standard InChI is InChI=1S/C12H19IN2O2S/c1-2-14-9-5-6-10-18(16,17)15-12-8-4-3-7-11(12)13/h3-4,7-8,14-15H,2,5-6,9-10H2,1H3. The maximum atomic E-state index is 11.9. The van der Waals surface area contributed by atoms with Crippen LogP contribution in [0.3, 0.4) is 0 Å². The van der Waals surface area contributed by atoms with E-state index >= 15 is 0 Å². The summed E-state index contributed by atoms with van der Waals surface area (Å²) in [5.41, 5.74) is 0.657. The van der Waals surface area contributed by atoms with E-state index in [2.05, 4.69) is 32.6 Å². The Kier molecular flexibility index (Phi) is 6.95. The van der Waals surface area contributed by atoms with Gasteiger partial charge in [0.05, 0.1) is 11.4 Å². The molecule has 6 heteroatoms. The molecule has 0 aliphatic carbocycles. The van der Waals surface area contributed by atoms with Gasteiger partial charge >= 0.3 is 0 Å². The highest BCUT2D eigenvalue weighted by Crippen LogP contribution is 2.18. The van der Waals surface area contributed by atoms with Gasteiger partial charge in [-0.3, -0.25) is 4.72 Å². The Balaban J connectivity index is 2.43. The van der Waals surface area contributed by atoms with Crippen LogP contribution < -0.4 is 10.0 Å². The molecule has 0 atom stereocenters. The second-order valence-corrected chi connectivity index (χ2v) is 6.97. The first kappa shape index (κ1) is 15.7. The number of nitrogens with one attached hydrogen (secondary N) is 2. The van der Waals surface area contributed by atoms with Gasteiger partial charge in [0.2, 0.25) is 10.0 Å². The summed E-state index contributed by atoms with van der Waals surface area (Å²) in [6.45, 7) is 3.83. The minimum atomic E-state index is -3.23. The Morgan fingerprint density at radius 3 is 2.61 bits per heavy atom. The summed E-state index contributed by atoms with van der Waals surface area (Å²) in [5.74, 6) is 0.170. The molecule has 0 aliphatic heterocycles. The van der Waals surface area contributed by atoms with Gasteiger partial charge in [-0.1, -0.05) is 19.1 Å². The van der Waals surface area contributed by atoms with Crippen molar-refractivity contribution in [2.45, 2.75) is 19.8 Å². The van der Waals surface area contributed by atoms with E-state index in [-0.39, 0.29) is 5.75 Å². The minimum Gasteiger partial charge on any atom is -0.317 e. The van der Waals surface area contributed by atoms with Crippen LogP contribution in [0.15, 0.2) is 24.3 Å². The predicted octanol–water partition coefficient (Wildman–Crippen LogP) is 2.42. The molecule has 0 heterocycles. The maximum absolute atomic E-state index is 11.9. The number of halogens is 1. The number of anilines is 1. The van der Waals surface area contributed by atoms with Crippen LogP contribution in [0.5, 0.6) is 0 Å². The summed E-state index contributed by atoms with van der Waals surface area (Å²) in [6, 6.07) is 7.36. The largest absolute Gasteiger partial charge is 0.317 e. The molecule has 0 saturated heterocycles. The maximum Gasteiger partial charge on any atom is 0.232 e. The molecule has 0 amide bonds. The summed E-state index contributed by atoms with van der Waals surface area (Å²) >= 11 is 2.12. The van der Waals surface area contributed by atoms with Gasteiger partial charge in [0.15, 0.2) is 0 Å². The van der Waals surface area contributed by atoms with Crippen molar-refractivity contribution >= 4 is 38.3 Å². The highest BCUT2D eigenvalue weighted by Gasteiger charge is 2.11. The van der Waals surface area contributed by atoms with Crippen molar-refractivity contribution in [2.24, 2.45) is 0 Å². The molecule has 0 saturated carbocycles. The van der Waals surface area contributed by atoms with E-state index in [1.54, 1.807) is 6.07 Å². The fourth-order valence-corrected chi connectivity index (χ4v) is 3.39. The summed E-state index contributed by atoms with van der Waals surface area (Å²) in [7, 11) is -3.23. The Morgan fingerprint density at radius 1 is 1.22 bits per heavy atom. The third-order valence-electron chi connectivity index (χ3n) is 2.41. The van der Waals surface area contributed by atoms with Crippen LogP contribution in [0.2, 0.25) is 0 Å². The van der Waals surface area contributed by atoms with Crippen molar-refractivity contribution in [3.05, 3.63) is 27.8 Å². The van der Waals surface area contributed by atoms with Gasteiger partial charge in [-0.15, -0.1) is 0 Å². The highest BCUT2D eigenvalue weighted by atomic mass is 127. The second-order valence-electron chi connectivity index (χ2n) is 3.96. The second kappa shape index (κ2) is 7.96. The molecule has 0 spiro atoms. The van der Waals surface area contributed by atoms with Gasteiger partial charge in [-0.05, 0) is 60.7 Å². The highest BCUT2D eigenvalue weighted by molar-refractivity contribution is 14.1. The number of para-hydroxylation sites is 1. The molecule has 0 aliphatic rings. The van der Waals surface area contributed by atoms with Crippen LogP contribution in [0.25, 0.3) is 0 Å². The number of unbranched alkanes of at least 4 members (excludes halogenated alkanes) is 1. The summed E-state index contributed by atoms with van der Waals surface area (Å²) < 4.78 is 27.2. The van der Waals surface area contributed by atoms with Gasteiger partial charge in [0, 0.05) is 3.57 Å². The molecule has 0 fully saturated rings. The number of sulfonamides is 1. The van der Waals surface area contributed by atoms with Crippen molar-refractivity contribution in [1.29, 1.82) is 0 Å². The molecular formula is C12H19IN2O2S. The van der Waals surface area contributed by atoms with Crippen LogP contribution in [0.4, 0.5) is 5.69 Å². The molecular weight excluding hydrogens is 363 g/mol. The van der Waals surface area contributed by atoms with E-state index < -0.39 is 10.0 Å². The average molecular weight is 382 g/mol. The summed E-state index contributed by atoms with van der Waals surface area (Å²) in [5, 5.41) is 3.18. The van der Waals surface area contributed by atoms with E-state index in [1.165, 1.54) is 0 Å². The lowest BCUT2D eigenvalue weighted by Crippen LogP contribution is -2.19. The SMILES string of the molecule is CCNCCCCS(=O)(=O)Nc1ccccc1I. The zero-order valence-corrected chi connectivity index (χ0v) is 13.4. The van der Waals surface area contributed by atoms with Crippen LogP contribution in [0.1, 0.15) is 19.8 Å². The third kappa shape index (κ3) is 6.01. The Bertz CT molecular complexity index is 463. The first-order chi connectivity index (χ1) is 8.55. The molecule has 1 aromatic rings. The van der Waals surface area contributed by atoms with Gasteiger partial charge in [0.25, 0.3) is 0 Å². The topological polar surface area (TPSA) is 58.2 Å². The summed E-state index contributed by atoms with van der Waals surface area (Å²) in [4.78, 5) is 0. The summed E-state index contributed by atoms with van der Waals surface area (Å²) in [6.07, 6.45) is 1.55. The van der Waals surface area contributed by atoms with E-state index in [0.717, 1.165) is 23.1 Å². The monoisotopic (exact) mass is 382 g/mol. The molecule has 4 nitrogen and oxygen atoms in total. The van der Waals surface area contributed by atoms with Gasteiger partial charge in [0.1, 0.15) is 0 Å². The van der Waals surface area contributed by atoms with Crippen LogP contribution >= 0.6 is 22.6 Å². The predicted molar refractivity (Wildman–Crippen MR) is 84.3 cm³/mol. The Labute approximate surface area is 123 Å². The molecule has 18 heavy (non-hydrogen) atoms. The first-order valence-electron chi connectivity index (χ1n) is 6.01. The van der Waals surface area contributed by atoms with Crippen LogP contribution in [-0.2, 0) is 10.0 Å². The van der Waals surface area contributed by atoms with Crippen molar-refractivity contribution in [2.75, 3.05) is 23.6 Å². The lowest BCUT2D eigenvalue weighted by atomic mass is 10.3. The fraction of sp³-hybridized carbons (Fsp3) is 0.500. The first-order valence-corrected chi connectivity index (χ1v) is 8.74. The van der Waals surface area contributed by atoms with E-state index in [4.69, 9.17) is 0 Å². The van der Waals surface area contributed by atoms with Crippen molar-refractivity contribution < 1.29 is 8.42 Å². The van der Waals surface area contributed by atoms with E-state index in [0.29, 0.717) is 12.1 Å². The third-order valence-corrected chi connectivity index (χ3v) is 4.70. The number of hydrogen-bond acceptors (Lipinski definition) is 3. The molecule has 1 aromatic carbocycles. The Hall–Kier alpha value is -0.340. The zero-order chi connectivity index (χ0) is 13.4. The van der Waals surface area contributed by atoms with Crippen LogP contribution in [-0.4, -0.2) is 27.3 Å². The lowest BCUT2D eigenvalue weighted by molar-refractivity contribution is 0.593. The molecule has 0 bridgehead atoms. The van der Waals surface area contributed by atoms with Gasteiger partial charge in [-0.2, -0.15) is 0 Å². The minimum absolute atomic E-state index is 0.170. The molecule has 2 N–H and O–H groups in total. The lowest BCUT2D eigenvalue weighted by Gasteiger charge is -2.09. The van der Waals surface area contributed by atoms with E-state index in [1.807, 2.05) is 25.1 Å². The van der Waals surface area contributed by atoms with E-state index in [9.17, 15) is 8.42 Å². The quantitative estimate of drug-likeness (QED) is 0.536. The van der Waals surface area contributed by atoms with Gasteiger partial charge < -0.3 is 5.32 Å². The smallest absolute Gasteiger partial charge is 0.232 e. The normalized spacial score (nSPS) is 11.4. The molecule has 0 aromatic heterocycles. The molecule has 1 rings (SSSR count). The Morgan fingerprint density at radius 2 is 1.94 bits per heavy atom. The van der Waals surface area contributed by atoms with Crippen molar-refractivity contribution in [3.8, 4) is 0 Å². The van der Waals surface area contributed by atoms with Crippen LogP contribution in [0, 0.1) is 3.57 Å². The zero-order valence-electron chi connectivity index (χ0n) is 10.4. The average Bonchev–Trinajstić information content (AvgIpc) is 2.31. The van der Waals surface area contributed by atoms with Crippen molar-refractivity contribution in [1.82, 2.24) is 5.32 Å². The van der Waals surface area contributed by atoms with Crippen molar-refractivity contribution in [3.63, 3.8) is 0 Å². The van der Waals surface area contributed by atoms with Gasteiger partial charge in [-0.25, -0.2) is 8.42 Å². The number of benzene rings is 1. The number of hydrogen-bond donors (Lipinski definition) is 2. The number of rotatable bonds is 8.